The largest absolute Gasteiger partial charge is 0.357 e. The average Bonchev–Trinajstić information content (AvgIpc) is 2.93. The van der Waals surface area contributed by atoms with Gasteiger partial charge in [0.2, 0.25) is 0 Å². The Labute approximate surface area is 127 Å². The Hall–Kier alpha value is -1.36. The lowest BCUT2D eigenvalue weighted by Gasteiger charge is -2.16. The third-order valence-corrected chi connectivity index (χ3v) is 3.88. The van der Waals surface area contributed by atoms with E-state index >= 15 is 0 Å². The van der Waals surface area contributed by atoms with Crippen LogP contribution in [0.4, 0.5) is 4.39 Å². The molecular weight excluding hydrogens is 321 g/mol. The van der Waals surface area contributed by atoms with Crippen molar-refractivity contribution in [2.75, 3.05) is 6.54 Å². The van der Waals surface area contributed by atoms with Crippen molar-refractivity contribution >= 4 is 21.9 Å². The van der Waals surface area contributed by atoms with Gasteiger partial charge >= 0.3 is 0 Å². The third-order valence-electron chi connectivity index (χ3n) is 3.11. The van der Waals surface area contributed by atoms with Crippen molar-refractivity contribution in [3.63, 3.8) is 0 Å². The summed E-state index contributed by atoms with van der Waals surface area (Å²) in [6.07, 6.45) is 6.39. The van der Waals surface area contributed by atoms with Crippen LogP contribution in [0.3, 0.4) is 0 Å². The highest BCUT2D eigenvalue weighted by atomic mass is 79.9. The zero-order chi connectivity index (χ0) is 14.4. The van der Waals surface area contributed by atoms with Crippen molar-refractivity contribution in [2.24, 2.45) is 4.99 Å². The van der Waals surface area contributed by atoms with E-state index in [1.165, 1.54) is 12.1 Å². The van der Waals surface area contributed by atoms with Gasteiger partial charge in [-0.25, -0.2) is 9.38 Å². The molecule has 0 saturated carbocycles. The molecular formula is C15H19BrFN3. The molecule has 1 aromatic carbocycles. The quantitative estimate of drug-likeness (QED) is 0.501. The molecule has 5 heteroatoms. The summed E-state index contributed by atoms with van der Waals surface area (Å²) in [5.41, 5.74) is 0.840. The Morgan fingerprint density at radius 1 is 1.40 bits per heavy atom. The second-order valence-electron chi connectivity index (χ2n) is 4.71. The second kappa shape index (κ2) is 7.43. The molecule has 0 heterocycles. The molecule has 0 saturated heterocycles. The van der Waals surface area contributed by atoms with Crippen molar-refractivity contribution in [1.29, 1.82) is 0 Å². The van der Waals surface area contributed by atoms with Gasteiger partial charge in [0.15, 0.2) is 5.96 Å². The van der Waals surface area contributed by atoms with E-state index in [4.69, 9.17) is 0 Å². The van der Waals surface area contributed by atoms with Crippen LogP contribution in [0.25, 0.3) is 0 Å². The van der Waals surface area contributed by atoms with Crippen molar-refractivity contribution in [1.82, 2.24) is 10.6 Å². The van der Waals surface area contributed by atoms with E-state index in [0.717, 1.165) is 35.4 Å². The first-order chi connectivity index (χ1) is 9.69. The SMILES string of the molecule is CCNC(=NCc1cc(F)ccc1Br)NC1CC=CC1. The van der Waals surface area contributed by atoms with Crippen LogP contribution >= 0.6 is 15.9 Å². The first-order valence-electron chi connectivity index (χ1n) is 6.83. The van der Waals surface area contributed by atoms with E-state index in [9.17, 15) is 4.39 Å². The van der Waals surface area contributed by atoms with E-state index < -0.39 is 0 Å². The van der Waals surface area contributed by atoms with Crippen molar-refractivity contribution in [2.45, 2.75) is 32.4 Å². The number of halogens is 2. The lowest BCUT2D eigenvalue weighted by molar-refractivity contribution is 0.623. The number of rotatable bonds is 4. The van der Waals surface area contributed by atoms with Gasteiger partial charge in [0, 0.05) is 17.1 Å². The first-order valence-corrected chi connectivity index (χ1v) is 7.62. The number of hydrogen-bond donors (Lipinski definition) is 2. The zero-order valence-electron chi connectivity index (χ0n) is 11.5. The van der Waals surface area contributed by atoms with Gasteiger partial charge in [-0.2, -0.15) is 0 Å². The van der Waals surface area contributed by atoms with Gasteiger partial charge in [0.05, 0.1) is 6.54 Å². The van der Waals surface area contributed by atoms with Crippen LogP contribution in [0.5, 0.6) is 0 Å². The molecule has 0 spiro atoms. The molecule has 0 unspecified atom stereocenters. The second-order valence-corrected chi connectivity index (χ2v) is 5.57. The summed E-state index contributed by atoms with van der Waals surface area (Å²) < 4.78 is 14.1. The maximum Gasteiger partial charge on any atom is 0.191 e. The summed E-state index contributed by atoms with van der Waals surface area (Å²) in [5.74, 6) is 0.536. The molecule has 0 aromatic heterocycles. The molecule has 0 fully saturated rings. The number of benzene rings is 1. The van der Waals surface area contributed by atoms with Crippen LogP contribution in [0, 0.1) is 5.82 Å². The van der Waals surface area contributed by atoms with Crippen molar-refractivity contribution in [3.8, 4) is 0 Å². The maximum atomic E-state index is 13.2. The predicted octanol–water partition coefficient (Wildman–Crippen LogP) is 3.36. The highest BCUT2D eigenvalue weighted by Crippen LogP contribution is 2.18. The summed E-state index contributed by atoms with van der Waals surface area (Å²) in [5, 5.41) is 6.60. The van der Waals surface area contributed by atoms with E-state index in [2.05, 4.69) is 43.7 Å². The topological polar surface area (TPSA) is 36.4 Å². The van der Waals surface area contributed by atoms with Crippen molar-refractivity contribution in [3.05, 3.63) is 46.2 Å². The molecule has 2 rings (SSSR count). The van der Waals surface area contributed by atoms with E-state index in [-0.39, 0.29) is 5.82 Å². The van der Waals surface area contributed by atoms with Gasteiger partial charge in [0.25, 0.3) is 0 Å². The van der Waals surface area contributed by atoms with E-state index in [1.54, 1.807) is 6.07 Å². The molecule has 3 nitrogen and oxygen atoms in total. The molecule has 20 heavy (non-hydrogen) atoms. The number of nitrogens with one attached hydrogen (secondary N) is 2. The monoisotopic (exact) mass is 339 g/mol. The summed E-state index contributed by atoms with van der Waals surface area (Å²) in [6.45, 7) is 3.27. The number of hydrogen-bond acceptors (Lipinski definition) is 1. The molecule has 0 radical (unpaired) electrons. The maximum absolute atomic E-state index is 13.2. The van der Waals surface area contributed by atoms with E-state index in [0.29, 0.717) is 12.6 Å². The fourth-order valence-corrected chi connectivity index (χ4v) is 2.45. The molecule has 2 N–H and O–H groups in total. The molecule has 0 aliphatic heterocycles. The Morgan fingerprint density at radius 2 is 2.15 bits per heavy atom. The van der Waals surface area contributed by atoms with Crippen LogP contribution in [0.1, 0.15) is 25.3 Å². The molecule has 0 atom stereocenters. The zero-order valence-corrected chi connectivity index (χ0v) is 13.1. The number of aliphatic imine (C=N–C) groups is 1. The van der Waals surface area contributed by atoms with Gasteiger partial charge in [-0.3, -0.25) is 0 Å². The Kier molecular flexibility index (Phi) is 5.59. The summed E-state index contributed by atoms with van der Waals surface area (Å²) >= 11 is 3.42. The summed E-state index contributed by atoms with van der Waals surface area (Å²) in [4.78, 5) is 4.52. The minimum Gasteiger partial charge on any atom is -0.357 e. The van der Waals surface area contributed by atoms with Gasteiger partial charge in [-0.05, 0) is 43.5 Å². The number of guanidine groups is 1. The number of nitrogens with zero attached hydrogens (tertiary/aromatic N) is 1. The Bertz CT molecular complexity index is 506. The van der Waals surface area contributed by atoms with Crippen LogP contribution in [-0.4, -0.2) is 18.5 Å². The van der Waals surface area contributed by atoms with Crippen LogP contribution in [0.2, 0.25) is 0 Å². The van der Waals surface area contributed by atoms with Gasteiger partial charge in [0.1, 0.15) is 5.82 Å². The minimum atomic E-state index is -0.239. The average molecular weight is 340 g/mol. The lowest BCUT2D eigenvalue weighted by Crippen LogP contribution is -2.42. The Morgan fingerprint density at radius 3 is 2.85 bits per heavy atom. The van der Waals surface area contributed by atoms with Crippen LogP contribution in [-0.2, 0) is 6.54 Å². The molecule has 1 aromatic rings. The molecule has 108 valence electrons. The molecule has 0 bridgehead atoms. The van der Waals surface area contributed by atoms with Crippen LogP contribution < -0.4 is 10.6 Å². The fraction of sp³-hybridized carbons (Fsp3) is 0.400. The third kappa shape index (κ3) is 4.34. The standard InChI is InChI=1S/C15H19BrFN3/c1-2-18-15(20-13-5-3-4-6-13)19-10-11-9-12(17)7-8-14(11)16/h3-4,7-9,13H,2,5-6,10H2,1H3,(H2,18,19,20). The summed E-state index contributed by atoms with van der Waals surface area (Å²) in [6, 6.07) is 5.06. The predicted molar refractivity (Wildman–Crippen MR) is 84.2 cm³/mol. The van der Waals surface area contributed by atoms with Gasteiger partial charge < -0.3 is 10.6 Å². The molecule has 1 aliphatic carbocycles. The fourth-order valence-electron chi connectivity index (χ4n) is 2.08. The van der Waals surface area contributed by atoms with E-state index in [1.807, 2.05) is 6.92 Å². The minimum absolute atomic E-state index is 0.239. The van der Waals surface area contributed by atoms with Crippen LogP contribution in [0.15, 0.2) is 39.8 Å². The smallest absolute Gasteiger partial charge is 0.191 e. The van der Waals surface area contributed by atoms with Gasteiger partial charge in [-0.1, -0.05) is 28.1 Å². The molecule has 0 amide bonds. The van der Waals surface area contributed by atoms with Crippen molar-refractivity contribution < 1.29 is 4.39 Å². The highest BCUT2D eigenvalue weighted by Gasteiger charge is 2.11. The highest BCUT2D eigenvalue weighted by molar-refractivity contribution is 9.10. The lowest BCUT2D eigenvalue weighted by atomic mass is 10.2. The molecule has 1 aliphatic rings. The summed E-state index contributed by atoms with van der Waals surface area (Å²) in [7, 11) is 0. The Balaban J connectivity index is 2.02. The first kappa shape index (κ1) is 15.0. The normalized spacial score (nSPS) is 15.7. The van der Waals surface area contributed by atoms with Gasteiger partial charge in [-0.15, -0.1) is 0 Å².